The fraction of sp³-hybridized carbons (Fsp3) is 0.0952. The molecule has 0 fully saturated rings. The molecule has 11 nitrogen and oxygen atoms in total. The van der Waals surface area contributed by atoms with Crippen LogP contribution < -0.4 is 11.2 Å². The maximum absolute atomic E-state index is 13.2. The van der Waals surface area contributed by atoms with Gasteiger partial charge >= 0.3 is 17.5 Å². The van der Waals surface area contributed by atoms with Crippen molar-refractivity contribution >= 4 is 45.0 Å². The fourth-order valence-electron chi connectivity index (χ4n) is 3.91. The number of benzene rings is 1. The van der Waals surface area contributed by atoms with Gasteiger partial charge in [0.25, 0.3) is 5.56 Å². The number of H-pyrrole nitrogens is 1. The van der Waals surface area contributed by atoms with Crippen LogP contribution in [0.5, 0.6) is 0 Å². The number of carbonyl (C=O) groups is 1. The first-order chi connectivity index (χ1) is 15.8. The number of carboxylic acid groups (broad SMARTS) is 1. The molecule has 12 heteroatoms. The van der Waals surface area contributed by atoms with Crippen LogP contribution in [0.1, 0.15) is 21.8 Å². The average molecular weight is 466 g/mol. The van der Waals surface area contributed by atoms with Crippen molar-refractivity contribution in [3.63, 3.8) is 0 Å². The molecule has 0 saturated heterocycles. The predicted molar refractivity (Wildman–Crippen MR) is 120 cm³/mol. The molecule has 33 heavy (non-hydrogen) atoms. The summed E-state index contributed by atoms with van der Waals surface area (Å²) in [6.45, 7) is 1.63. The lowest BCUT2D eigenvalue weighted by Crippen LogP contribution is -2.34. The van der Waals surface area contributed by atoms with Gasteiger partial charge < -0.3 is 19.1 Å². The Labute approximate surface area is 186 Å². The van der Waals surface area contributed by atoms with Crippen molar-refractivity contribution < 1.29 is 19.2 Å². The van der Waals surface area contributed by atoms with E-state index in [1.807, 2.05) is 0 Å². The molecule has 0 radical (unpaired) electrons. The molecule has 0 amide bonds. The summed E-state index contributed by atoms with van der Waals surface area (Å²) < 4.78 is 7.40. The zero-order valence-electron chi connectivity index (χ0n) is 16.9. The normalized spacial score (nSPS) is 11.4. The number of nitro groups is 1. The molecule has 0 aliphatic carbocycles. The van der Waals surface area contributed by atoms with Crippen molar-refractivity contribution in [1.82, 2.24) is 14.1 Å². The fourth-order valence-corrected chi connectivity index (χ4v) is 4.66. The molecule has 0 atom stereocenters. The van der Waals surface area contributed by atoms with Crippen LogP contribution in [0.3, 0.4) is 0 Å². The molecule has 0 bridgehead atoms. The van der Waals surface area contributed by atoms with Gasteiger partial charge in [0.2, 0.25) is 0 Å². The highest BCUT2D eigenvalue weighted by atomic mass is 32.1. The average Bonchev–Trinajstić information content (AvgIpc) is 3.47. The van der Waals surface area contributed by atoms with Gasteiger partial charge in [-0.25, -0.2) is 14.2 Å². The Morgan fingerprint density at radius 1 is 1.21 bits per heavy atom. The number of nitrogens with one attached hydrogen (secondary N) is 1. The summed E-state index contributed by atoms with van der Waals surface area (Å²) in [5.74, 6) is -1.72. The molecular weight excluding hydrogens is 452 g/mol. The second-order valence-electron chi connectivity index (χ2n) is 7.38. The predicted octanol–water partition coefficient (Wildman–Crippen LogP) is 3.25. The minimum absolute atomic E-state index is 0.0818. The van der Waals surface area contributed by atoms with Crippen LogP contribution in [0.25, 0.3) is 27.5 Å². The summed E-state index contributed by atoms with van der Waals surface area (Å²) in [6, 6.07) is 7.65. The molecule has 2 N–H and O–H groups in total. The topological polar surface area (TPSA) is 153 Å². The highest BCUT2D eigenvalue weighted by Crippen LogP contribution is 2.31. The van der Waals surface area contributed by atoms with Crippen LogP contribution >= 0.6 is 11.3 Å². The summed E-state index contributed by atoms with van der Waals surface area (Å²) >= 11 is 1.24. The largest absolute Gasteiger partial charge is 0.477 e. The monoisotopic (exact) mass is 466 g/mol. The lowest BCUT2D eigenvalue weighted by molar-refractivity contribution is -0.402. The summed E-state index contributed by atoms with van der Waals surface area (Å²) in [4.78, 5) is 51.5. The third-order valence-corrected chi connectivity index (χ3v) is 6.04. The number of thiophene rings is 1. The second kappa shape index (κ2) is 7.31. The number of aromatic carboxylic acids is 1. The van der Waals surface area contributed by atoms with Crippen molar-refractivity contribution in [3.8, 4) is 5.69 Å². The lowest BCUT2D eigenvalue weighted by atomic mass is 10.1. The molecule has 0 spiro atoms. The third-order valence-electron chi connectivity index (χ3n) is 5.30. The Bertz CT molecular complexity index is 1720. The van der Waals surface area contributed by atoms with E-state index in [0.29, 0.717) is 16.4 Å². The SMILES string of the molecule is Cc1ccc2c(c1)c(-n1c(=O)[nH]c3cscc3c1=O)c(C(=O)O)n2Cc1ccc([N+](=O)[O-])o1. The molecule has 1 aromatic carbocycles. The molecule has 0 unspecified atom stereocenters. The number of aromatic nitrogens is 3. The Morgan fingerprint density at radius 3 is 2.70 bits per heavy atom. The van der Waals surface area contributed by atoms with Crippen molar-refractivity contribution in [2.45, 2.75) is 13.5 Å². The van der Waals surface area contributed by atoms with Crippen LogP contribution in [0.4, 0.5) is 5.88 Å². The minimum Gasteiger partial charge on any atom is -0.477 e. The zero-order valence-corrected chi connectivity index (χ0v) is 17.7. The minimum atomic E-state index is -1.38. The van der Waals surface area contributed by atoms with Gasteiger partial charge in [0.1, 0.15) is 10.7 Å². The standard InChI is InChI=1S/C21H14N4O7S/c1-10-2-4-15-12(6-10)17(24-19(26)13-8-33-9-14(13)22-21(24)29)18(20(27)28)23(15)7-11-3-5-16(32-11)25(30)31/h2-6,8-9H,7H2,1H3,(H,22,29)(H,27,28). The smallest absolute Gasteiger partial charge is 0.433 e. The summed E-state index contributed by atoms with van der Waals surface area (Å²) in [6.07, 6.45) is 0. The molecular formula is C21H14N4O7S. The molecule has 0 saturated carbocycles. The first kappa shape index (κ1) is 20.5. The first-order valence-electron chi connectivity index (χ1n) is 9.57. The summed E-state index contributed by atoms with van der Waals surface area (Å²) in [5, 5.41) is 24.9. The van der Waals surface area contributed by atoms with E-state index in [4.69, 9.17) is 4.42 Å². The number of aromatic amines is 1. The molecule has 0 aliphatic rings. The van der Waals surface area contributed by atoms with E-state index in [-0.39, 0.29) is 29.1 Å². The Morgan fingerprint density at radius 2 is 2.00 bits per heavy atom. The highest BCUT2D eigenvalue weighted by molar-refractivity contribution is 7.09. The second-order valence-corrected chi connectivity index (χ2v) is 8.12. The third kappa shape index (κ3) is 3.15. The molecule has 0 aliphatic heterocycles. The van der Waals surface area contributed by atoms with Crippen molar-refractivity contribution in [3.05, 3.63) is 89.1 Å². The Balaban J connectivity index is 1.87. The highest BCUT2D eigenvalue weighted by Gasteiger charge is 2.27. The number of furan rings is 1. The van der Waals surface area contributed by atoms with Crippen LogP contribution in [0, 0.1) is 17.0 Å². The van der Waals surface area contributed by atoms with E-state index in [9.17, 15) is 29.6 Å². The Kier molecular flexibility index (Phi) is 4.53. The number of fused-ring (bicyclic) bond motifs is 2. The molecule has 4 aromatic heterocycles. The maximum Gasteiger partial charge on any atom is 0.433 e. The van der Waals surface area contributed by atoms with Gasteiger partial charge in [-0.2, -0.15) is 0 Å². The van der Waals surface area contributed by atoms with E-state index in [1.54, 1.807) is 35.9 Å². The van der Waals surface area contributed by atoms with Crippen LogP contribution in [-0.4, -0.2) is 30.1 Å². The van der Waals surface area contributed by atoms with Crippen molar-refractivity contribution in [1.29, 1.82) is 0 Å². The van der Waals surface area contributed by atoms with Gasteiger partial charge in [0.15, 0.2) is 5.69 Å². The van der Waals surface area contributed by atoms with Gasteiger partial charge in [-0.15, -0.1) is 11.3 Å². The maximum atomic E-state index is 13.2. The molecule has 4 heterocycles. The van der Waals surface area contributed by atoms with Gasteiger partial charge in [0.05, 0.1) is 34.7 Å². The quantitative estimate of drug-likeness (QED) is 0.298. The molecule has 5 rings (SSSR count). The van der Waals surface area contributed by atoms with Crippen LogP contribution in [0.15, 0.2) is 55.1 Å². The molecule has 166 valence electrons. The summed E-state index contributed by atoms with van der Waals surface area (Å²) in [7, 11) is 0. The number of nitrogens with zero attached hydrogens (tertiary/aromatic N) is 3. The van der Waals surface area contributed by atoms with Crippen molar-refractivity contribution in [2.75, 3.05) is 0 Å². The van der Waals surface area contributed by atoms with Crippen LogP contribution in [-0.2, 0) is 6.54 Å². The lowest BCUT2D eigenvalue weighted by Gasteiger charge is -2.08. The van der Waals surface area contributed by atoms with Gasteiger partial charge in [-0.1, -0.05) is 11.6 Å². The van der Waals surface area contributed by atoms with E-state index in [1.165, 1.54) is 28.0 Å². The van der Waals surface area contributed by atoms with E-state index < -0.39 is 28.0 Å². The molecule has 5 aromatic rings. The van der Waals surface area contributed by atoms with Crippen molar-refractivity contribution in [2.24, 2.45) is 0 Å². The number of carboxylic acids is 1. The first-order valence-corrected chi connectivity index (χ1v) is 10.5. The van der Waals surface area contributed by atoms with Crippen LogP contribution in [0.2, 0.25) is 0 Å². The van der Waals surface area contributed by atoms with Gasteiger partial charge in [-0.05, 0) is 25.1 Å². The number of hydrogen-bond acceptors (Lipinski definition) is 7. The number of rotatable bonds is 5. The van der Waals surface area contributed by atoms with E-state index in [0.717, 1.165) is 10.1 Å². The van der Waals surface area contributed by atoms with E-state index >= 15 is 0 Å². The number of aryl methyl sites for hydroxylation is 1. The summed E-state index contributed by atoms with van der Waals surface area (Å²) in [5.41, 5.74) is -0.255. The zero-order chi connectivity index (χ0) is 23.4. The van der Waals surface area contributed by atoms with Gasteiger partial charge in [0, 0.05) is 16.1 Å². The van der Waals surface area contributed by atoms with E-state index in [2.05, 4.69) is 4.98 Å². The number of hydrogen-bond donors (Lipinski definition) is 2. The van der Waals surface area contributed by atoms with Gasteiger partial charge in [-0.3, -0.25) is 14.9 Å². The Hall–Kier alpha value is -4.45.